The molecule has 0 aliphatic heterocycles. The fraction of sp³-hybridized carbons (Fsp3) is 0. The summed E-state index contributed by atoms with van der Waals surface area (Å²) in [5, 5.41) is 4.95. The van der Waals surface area contributed by atoms with E-state index in [9.17, 15) is 0 Å². The molecule has 0 spiro atoms. The summed E-state index contributed by atoms with van der Waals surface area (Å²) < 4.78 is 8.72. The van der Waals surface area contributed by atoms with Gasteiger partial charge in [0.2, 0.25) is 5.89 Å². The molecule has 3 nitrogen and oxygen atoms in total. The van der Waals surface area contributed by atoms with E-state index in [1.807, 2.05) is 12.1 Å². The normalized spacial score (nSPS) is 11.7. The van der Waals surface area contributed by atoms with Crippen LogP contribution in [0.15, 0.2) is 138 Å². The lowest BCUT2D eigenvalue weighted by Gasteiger charge is -2.08. The Balaban J connectivity index is 1.22. The Morgan fingerprint density at radius 2 is 1.18 bits per heavy atom. The largest absolute Gasteiger partial charge is 0.435 e. The maximum atomic E-state index is 6.40. The lowest BCUT2D eigenvalue weighted by atomic mass is 10.0. The minimum absolute atomic E-state index is 0.627. The van der Waals surface area contributed by atoms with Crippen LogP contribution in [0, 0.1) is 0 Å². The van der Waals surface area contributed by atoms with Crippen molar-refractivity contribution in [3.8, 4) is 28.3 Å². The molecule has 38 heavy (non-hydrogen) atoms. The molecule has 0 aliphatic carbocycles. The Kier molecular flexibility index (Phi) is 4.52. The third-order valence-corrected chi connectivity index (χ3v) is 7.43. The molecule has 6 aromatic carbocycles. The molecule has 2 aromatic heterocycles. The number of fused-ring (bicyclic) bond motifs is 5. The fourth-order valence-corrected chi connectivity index (χ4v) is 5.61. The molecular formula is C35H22N2O. The van der Waals surface area contributed by atoms with Gasteiger partial charge in [0.15, 0.2) is 5.58 Å². The number of hydrogen-bond donors (Lipinski definition) is 0. The van der Waals surface area contributed by atoms with Gasteiger partial charge >= 0.3 is 0 Å². The standard InChI is InChI=1S/C35H22N2O/c1-2-9-25-22-26(17-16-23(25)8-1)28-12-7-13-31-34(28)38-35(36-31)24-18-20-27(21-19-24)37-32-14-5-3-10-29(32)30-11-4-6-15-33(30)37/h1-22H. The fourth-order valence-electron chi connectivity index (χ4n) is 5.61. The first-order chi connectivity index (χ1) is 18.8. The van der Waals surface area contributed by atoms with E-state index >= 15 is 0 Å². The maximum absolute atomic E-state index is 6.40. The minimum Gasteiger partial charge on any atom is -0.435 e. The van der Waals surface area contributed by atoms with Gasteiger partial charge in [-0.3, -0.25) is 0 Å². The van der Waals surface area contributed by atoms with Crippen molar-refractivity contribution >= 4 is 43.7 Å². The molecule has 0 fully saturated rings. The van der Waals surface area contributed by atoms with Gasteiger partial charge in [0.1, 0.15) is 5.52 Å². The summed E-state index contributed by atoms with van der Waals surface area (Å²) in [6, 6.07) is 46.7. The third kappa shape index (κ3) is 3.19. The monoisotopic (exact) mass is 486 g/mol. The van der Waals surface area contributed by atoms with Gasteiger partial charge in [0.25, 0.3) is 0 Å². The van der Waals surface area contributed by atoms with E-state index in [4.69, 9.17) is 9.40 Å². The van der Waals surface area contributed by atoms with Crippen LogP contribution in [-0.2, 0) is 0 Å². The minimum atomic E-state index is 0.627. The van der Waals surface area contributed by atoms with Crippen LogP contribution in [0.25, 0.3) is 71.9 Å². The van der Waals surface area contributed by atoms with Crippen LogP contribution < -0.4 is 0 Å². The summed E-state index contributed by atoms with van der Waals surface area (Å²) in [4.78, 5) is 4.85. The van der Waals surface area contributed by atoms with Crippen molar-refractivity contribution in [2.45, 2.75) is 0 Å². The van der Waals surface area contributed by atoms with E-state index in [2.05, 4.69) is 126 Å². The van der Waals surface area contributed by atoms with Crippen molar-refractivity contribution in [3.63, 3.8) is 0 Å². The lowest BCUT2D eigenvalue weighted by molar-refractivity contribution is 0.621. The summed E-state index contributed by atoms with van der Waals surface area (Å²) >= 11 is 0. The van der Waals surface area contributed by atoms with E-state index in [1.54, 1.807) is 0 Å². The Morgan fingerprint density at radius 1 is 0.526 bits per heavy atom. The molecule has 0 atom stereocenters. The summed E-state index contributed by atoms with van der Waals surface area (Å²) in [6.45, 7) is 0. The molecule has 0 saturated heterocycles. The number of benzene rings is 6. The second-order valence-electron chi connectivity index (χ2n) is 9.65. The Labute approximate surface area is 219 Å². The molecule has 0 saturated carbocycles. The molecule has 0 bridgehead atoms. The summed E-state index contributed by atoms with van der Waals surface area (Å²) in [5.74, 6) is 0.627. The van der Waals surface area contributed by atoms with Crippen molar-refractivity contribution in [1.82, 2.24) is 9.55 Å². The van der Waals surface area contributed by atoms with Crippen LogP contribution in [0.5, 0.6) is 0 Å². The maximum Gasteiger partial charge on any atom is 0.227 e. The zero-order valence-electron chi connectivity index (χ0n) is 20.5. The van der Waals surface area contributed by atoms with Gasteiger partial charge in [-0.1, -0.05) is 84.9 Å². The van der Waals surface area contributed by atoms with Crippen LogP contribution >= 0.6 is 0 Å². The third-order valence-electron chi connectivity index (χ3n) is 7.43. The number of para-hydroxylation sites is 3. The molecule has 3 heteroatoms. The first-order valence-corrected chi connectivity index (χ1v) is 12.8. The summed E-state index contributed by atoms with van der Waals surface area (Å²) in [5.41, 5.74) is 8.30. The number of aromatic nitrogens is 2. The molecule has 178 valence electrons. The average molecular weight is 487 g/mol. The number of oxazole rings is 1. The second-order valence-corrected chi connectivity index (χ2v) is 9.65. The van der Waals surface area contributed by atoms with Crippen LogP contribution in [-0.4, -0.2) is 9.55 Å². The molecular weight excluding hydrogens is 464 g/mol. The van der Waals surface area contributed by atoms with Crippen LogP contribution in [0.4, 0.5) is 0 Å². The first-order valence-electron chi connectivity index (χ1n) is 12.8. The van der Waals surface area contributed by atoms with Crippen molar-refractivity contribution in [3.05, 3.63) is 133 Å². The van der Waals surface area contributed by atoms with Gasteiger partial charge in [-0.05, 0) is 64.9 Å². The molecule has 0 aliphatic rings. The van der Waals surface area contributed by atoms with Crippen molar-refractivity contribution in [1.29, 1.82) is 0 Å². The summed E-state index contributed by atoms with van der Waals surface area (Å²) in [7, 11) is 0. The van der Waals surface area contributed by atoms with Gasteiger partial charge in [-0.2, -0.15) is 0 Å². The zero-order valence-corrected chi connectivity index (χ0v) is 20.5. The van der Waals surface area contributed by atoms with Crippen LogP contribution in [0.2, 0.25) is 0 Å². The molecule has 8 aromatic rings. The van der Waals surface area contributed by atoms with Crippen molar-refractivity contribution in [2.75, 3.05) is 0 Å². The van der Waals surface area contributed by atoms with Crippen molar-refractivity contribution in [2.24, 2.45) is 0 Å². The smallest absolute Gasteiger partial charge is 0.227 e. The Morgan fingerprint density at radius 3 is 1.95 bits per heavy atom. The number of nitrogens with zero attached hydrogens (tertiary/aromatic N) is 2. The molecule has 0 N–H and O–H groups in total. The highest BCUT2D eigenvalue weighted by Crippen LogP contribution is 2.35. The quantitative estimate of drug-likeness (QED) is 0.249. The molecule has 0 unspecified atom stereocenters. The van der Waals surface area contributed by atoms with E-state index in [0.29, 0.717) is 5.89 Å². The van der Waals surface area contributed by atoms with Gasteiger partial charge in [-0.15, -0.1) is 0 Å². The number of hydrogen-bond acceptors (Lipinski definition) is 2. The Hall–Kier alpha value is -5.15. The summed E-state index contributed by atoms with van der Waals surface area (Å²) in [6.07, 6.45) is 0. The molecule has 0 radical (unpaired) electrons. The highest BCUT2D eigenvalue weighted by Gasteiger charge is 2.15. The zero-order chi connectivity index (χ0) is 25.1. The van der Waals surface area contributed by atoms with Gasteiger partial charge < -0.3 is 8.98 Å². The van der Waals surface area contributed by atoms with E-state index in [0.717, 1.165) is 33.5 Å². The lowest BCUT2D eigenvalue weighted by Crippen LogP contribution is -1.93. The highest BCUT2D eigenvalue weighted by atomic mass is 16.3. The predicted molar refractivity (Wildman–Crippen MR) is 157 cm³/mol. The van der Waals surface area contributed by atoms with Crippen LogP contribution in [0.3, 0.4) is 0 Å². The molecule has 2 heterocycles. The van der Waals surface area contributed by atoms with E-state index in [-0.39, 0.29) is 0 Å². The molecule has 8 rings (SSSR count). The van der Waals surface area contributed by atoms with E-state index in [1.165, 1.54) is 32.6 Å². The van der Waals surface area contributed by atoms with E-state index < -0.39 is 0 Å². The molecule has 0 amide bonds. The predicted octanol–water partition coefficient (Wildman–Crippen LogP) is 9.41. The first kappa shape index (κ1) is 21.0. The topological polar surface area (TPSA) is 31.0 Å². The highest BCUT2D eigenvalue weighted by molar-refractivity contribution is 6.09. The number of rotatable bonds is 3. The van der Waals surface area contributed by atoms with Crippen molar-refractivity contribution < 1.29 is 4.42 Å². The van der Waals surface area contributed by atoms with Gasteiger partial charge in [-0.25, -0.2) is 4.98 Å². The van der Waals surface area contributed by atoms with Gasteiger partial charge in [0.05, 0.1) is 11.0 Å². The second kappa shape index (κ2) is 8.19. The van der Waals surface area contributed by atoms with Gasteiger partial charge in [0, 0.05) is 27.6 Å². The Bertz CT molecular complexity index is 2080. The van der Waals surface area contributed by atoms with Crippen LogP contribution in [0.1, 0.15) is 0 Å². The SMILES string of the molecule is c1ccc2cc(-c3cccc4nc(-c5ccc(-n6c7ccccc7c7ccccc76)cc5)oc34)ccc2c1. The average Bonchev–Trinajstić information content (AvgIpc) is 3.57.